The summed E-state index contributed by atoms with van der Waals surface area (Å²) in [5.74, 6) is -0.0738. The molecule has 8 heteroatoms. The van der Waals surface area contributed by atoms with Crippen LogP contribution in [0.25, 0.3) is 0 Å². The lowest BCUT2D eigenvalue weighted by Crippen LogP contribution is -2.46. The van der Waals surface area contributed by atoms with Gasteiger partial charge in [0.1, 0.15) is 5.75 Å². The summed E-state index contributed by atoms with van der Waals surface area (Å²) in [6.07, 6.45) is -5.19. The summed E-state index contributed by atoms with van der Waals surface area (Å²) in [7, 11) is 0. The van der Waals surface area contributed by atoms with Gasteiger partial charge in [-0.15, -0.1) is 24.8 Å². The van der Waals surface area contributed by atoms with Crippen molar-refractivity contribution >= 4 is 24.8 Å². The van der Waals surface area contributed by atoms with Crippen molar-refractivity contribution < 1.29 is 18.3 Å². The molecule has 0 aromatic heterocycles. The van der Waals surface area contributed by atoms with E-state index in [9.17, 15) is 18.3 Å². The fourth-order valence-electron chi connectivity index (χ4n) is 2.42. The number of nitrogens with one attached hydrogen (secondary N) is 1. The summed E-state index contributed by atoms with van der Waals surface area (Å²) < 4.78 is 38.3. The molecule has 1 atom stereocenters. The zero-order valence-corrected chi connectivity index (χ0v) is 12.9. The Labute approximate surface area is 134 Å². The molecule has 1 fully saturated rings. The molecule has 1 aromatic rings. The van der Waals surface area contributed by atoms with Gasteiger partial charge in [-0.2, -0.15) is 13.2 Å². The molecule has 1 aromatic carbocycles. The minimum absolute atomic E-state index is 0. The average molecular weight is 347 g/mol. The van der Waals surface area contributed by atoms with E-state index < -0.39 is 18.6 Å². The molecule has 0 saturated carbocycles. The van der Waals surface area contributed by atoms with E-state index in [1.807, 2.05) is 0 Å². The Morgan fingerprint density at radius 2 is 1.71 bits per heavy atom. The van der Waals surface area contributed by atoms with Gasteiger partial charge in [-0.3, -0.25) is 4.90 Å². The zero-order chi connectivity index (χ0) is 13.9. The number of phenolic OH excluding ortho intramolecular Hbond substituents is 1. The first-order valence-electron chi connectivity index (χ1n) is 6.27. The number of rotatable bonds is 3. The lowest BCUT2D eigenvalue weighted by atomic mass is 10.00. The van der Waals surface area contributed by atoms with Crippen molar-refractivity contribution in [3.8, 4) is 5.75 Å². The Morgan fingerprint density at radius 1 is 1.14 bits per heavy atom. The summed E-state index contributed by atoms with van der Waals surface area (Å²) in [6.45, 7) is 2.44. The van der Waals surface area contributed by atoms with Gasteiger partial charge in [0.15, 0.2) is 0 Å². The maximum atomic E-state index is 12.8. The van der Waals surface area contributed by atoms with E-state index in [4.69, 9.17) is 0 Å². The number of aromatic hydroxyl groups is 1. The number of benzene rings is 1. The smallest absolute Gasteiger partial charge is 0.390 e. The summed E-state index contributed by atoms with van der Waals surface area (Å²) in [5.41, 5.74) is 0.349. The van der Waals surface area contributed by atoms with E-state index in [1.165, 1.54) is 6.07 Å². The number of para-hydroxylation sites is 1. The molecule has 0 spiro atoms. The van der Waals surface area contributed by atoms with Crippen LogP contribution in [0.3, 0.4) is 0 Å². The number of hydrogen-bond acceptors (Lipinski definition) is 3. The van der Waals surface area contributed by atoms with Crippen LogP contribution in [0, 0.1) is 0 Å². The van der Waals surface area contributed by atoms with E-state index in [0.717, 1.165) is 0 Å². The molecule has 21 heavy (non-hydrogen) atoms. The second-order valence-electron chi connectivity index (χ2n) is 4.68. The molecule has 0 aliphatic carbocycles. The molecular weight excluding hydrogens is 328 g/mol. The van der Waals surface area contributed by atoms with Crippen LogP contribution in [0.2, 0.25) is 0 Å². The molecule has 2 rings (SSSR count). The monoisotopic (exact) mass is 346 g/mol. The largest absolute Gasteiger partial charge is 0.508 e. The quantitative estimate of drug-likeness (QED) is 0.882. The average Bonchev–Trinajstić information content (AvgIpc) is 2.37. The van der Waals surface area contributed by atoms with E-state index >= 15 is 0 Å². The summed E-state index contributed by atoms with van der Waals surface area (Å²) in [5, 5.41) is 12.9. The van der Waals surface area contributed by atoms with Crippen molar-refractivity contribution in [1.29, 1.82) is 0 Å². The Bertz CT molecular complexity index is 426. The second kappa shape index (κ2) is 8.68. The van der Waals surface area contributed by atoms with Gasteiger partial charge in [-0.25, -0.2) is 0 Å². The number of alkyl halides is 3. The summed E-state index contributed by atoms with van der Waals surface area (Å²) >= 11 is 0. The number of hydrogen-bond donors (Lipinski definition) is 2. The highest BCUT2D eigenvalue weighted by atomic mass is 35.5. The minimum atomic E-state index is -4.25. The highest BCUT2D eigenvalue weighted by Gasteiger charge is 2.36. The van der Waals surface area contributed by atoms with Crippen LogP contribution in [-0.4, -0.2) is 42.4 Å². The molecule has 1 heterocycles. The van der Waals surface area contributed by atoms with E-state index in [2.05, 4.69) is 5.32 Å². The summed E-state index contributed by atoms with van der Waals surface area (Å²) in [4.78, 5) is 1.78. The molecule has 3 nitrogen and oxygen atoms in total. The topological polar surface area (TPSA) is 35.5 Å². The van der Waals surface area contributed by atoms with Gasteiger partial charge in [0.25, 0.3) is 0 Å². The number of halogens is 5. The van der Waals surface area contributed by atoms with Crippen LogP contribution in [-0.2, 0) is 0 Å². The molecule has 0 unspecified atom stereocenters. The van der Waals surface area contributed by atoms with Crippen LogP contribution in [0.5, 0.6) is 5.75 Å². The third kappa shape index (κ3) is 5.90. The van der Waals surface area contributed by atoms with Crippen molar-refractivity contribution in [2.45, 2.75) is 18.6 Å². The number of nitrogens with zero attached hydrogens (tertiary/aromatic N) is 1. The van der Waals surface area contributed by atoms with E-state index in [1.54, 1.807) is 23.1 Å². The van der Waals surface area contributed by atoms with Crippen molar-refractivity contribution in [2.75, 3.05) is 26.2 Å². The third-order valence-corrected chi connectivity index (χ3v) is 3.31. The first kappa shape index (κ1) is 20.3. The van der Waals surface area contributed by atoms with Gasteiger partial charge < -0.3 is 10.4 Å². The van der Waals surface area contributed by atoms with Crippen LogP contribution in [0.15, 0.2) is 24.3 Å². The van der Waals surface area contributed by atoms with Crippen molar-refractivity contribution in [1.82, 2.24) is 10.2 Å². The molecule has 0 bridgehead atoms. The third-order valence-electron chi connectivity index (χ3n) is 3.31. The van der Waals surface area contributed by atoms with Crippen molar-refractivity contribution in [3.63, 3.8) is 0 Å². The molecule has 0 amide bonds. The van der Waals surface area contributed by atoms with Crippen molar-refractivity contribution in [3.05, 3.63) is 29.8 Å². The maximum absolute atomic E-state index is 12.8. The van der Waals surface area contributed by atoms with Gasteiger partial charge in [0, 0.05) is 37.8 Å². The predicted molar refractivity (Wildman–Crippen MR) is 80.5 cm³/mol. The molecule has 2 N–H and O–H groups in total. The molecule has 122 valence electrons. The van der Waals surface area contributed by atoms with Crippen LogP contribution >= 0.6 is 24.8 Å². The number of phenols is 1. The molecule has 1 aliphatic heterocycles. The Morgan fingerprint density at radius 3 is 2.24 bits per heavy atom. The Balaban J connectivity index is 0.00000200. The second-order valence-corrected chi connectivity index (χ2v) is 4.68. The highest BCUT2D eigenvalue weighted by molar-refractivity contribution is 5.85. The van der Waals surface area contributed by atoms with Gasteiger partial charge in [0.2, 0.25) is 0 Å². The first-order chi connectivity index (χ1) is 8.97. The lowest BCUT2D eigenvalue weighted by Gasteiger charge is -2.35. The van der Waals surface area contributed by atoms with Crippen molar-refractivity contribution in [2.24, 2.45) is 0 Å². The van der Waals surface area contributed by atoms with Crippen LogP contribution in [0.1, 0.15) is 18.0 Å². The maximum Gasteiger partial charge on any atom is 0.390 e. The SMILES string of the molecule is Cl.Cl.Oc1ccccc1[C@@H](CC(F)(F)F)N1CCNCC1. The summed E-state index contributed by atoms with van der Waals surface area (Å²) in [6, 6.07) is 5.44. The standard InChI is InChI=1S/C13H17F3N2O.2ClH/c14-13(15,16)9-11(18-7-5-17-6-8-18)10-3-1-2-4-12(10)19;;/h1-4,11,17,19H,5-9H2;2*1H/t11-;;/m1../s1. The fourth-order valence-corrected chi connectivity index (χ4v) is 2.42. The fraction of sp³-hybridized carbons (Fsp3) is 0.538. The Kier molecular flexibility index (Phi) is 8.39. The van der Waals surface area contributed by atoms with Crippen LogP contribution in [0.4, 0.5) is 13.2 Å². The van der Waals surface area contributed by atoms with Gasteiger partial charge in [0.05, 0.1) is 6.42 Å². The van der Waals surface area contributed by atoms with E-state index in [0.29, 0.717) is 31.7 Å². The van der Waals surface area contributed by atoms with Gasteiger partial charge in [-0.05, 0) is 6.07 Å². The molecule has 1 saturated heterocycles. The van der Waals surface area contributed by atoms with Crippen LogP contribution < -0.4 is 5.32 Å². The molecule has 1 aliphatic rings. The molecular formula is C13H19Cl2F3N2O. The minimum Gasteiger partial charge on any atom is -0.508 e. The first-order valence-corrected chi connectivity index (χ1v) is 6.27. The van der Waals surface area contributed by atoms with Gasteiger partial charge in [-0.1, -0.05) is 18.2 Å². The Hall–Kier alpha value is -0.690. The lowest BCUT2D eigenvalue weighted by molar-refractivity contribution is -0.148. The normalized spacial score (nSPS) is 17.5. The molecule has 0 radical (unpaired) electrons. The highest BCUT2D eigenvalue weighted by Crippen LogP contribution is 2.37. The zero-order valence-electron chi connectivity index (χ0n) is 11.3. The van der Waals surface area contributed by atoms with Gasteiger partial charge >= 0.3 is 6.18 Å². The predicted octanol–water partition coefficient (Wildman–Crippen LogP) is 3.13. The van der Waals surface area contributed by atoms with E-state index in [-0.39, 0.29) is 30.6 Å². The number of piperazine rings is 1.